The molecule has 2 aliphatic carbocycles. The van der Waals surface area contributed by atoms with Gasteiger partial charge in [-0.2, -0.15) is 0 Å². The number of carbonyl (C=O) groups is 2. The molecule has 4 atom stereocenters. The molecule has 4 unspecified atom stereocenters. The second-order valence-corrected chi connectivity index (χ2v) is 7.18. The number of amides is 1. The van der Waals surface area contributed by atoms with Crippen molar-refractivity contribution in [3.63, 3.8) is 0 Å². The number of carbonyl (C=O) groups excluding carboxylic acids is 1. The van der Waals surface area contributed by atoms with Gasteiger partial charge in [-0.25, -0.2) is 0 Å². The van der Waals surface area contributed by atoms with E-state index in [1.54, 1.807) is 0 Å². The molecule has 2 N–H and O–H groups in total. The summed E-state index contributed by atoms with van der Waals surface area (Å²) in [6.07, 6.45) is 0.970. The van der Waals surface area contributed by atoms with Gasteiger partial charge < -0.3 is 15.2 Å². The van der Waals surface area contributed by atoms with Crippen LogP contribution in [0.5, 0.6) is 0 Å². The molecule has 2 rings (SSSR count). The molecule has 0 aliphatic heterocycles. The molecular weight excluding hydrogens is 258 g/mol. The van der Waals surface area contributed by atoms with Crippen LogP contribution in [-0.4, -0.2) is 35.7 Å². The van der Waals surface area contributed by atoms with E-state index in [4.69, 9.17) is 9.84 Å². The van der Waals surface area contributed by atoms with Gasteiger partial charge >= 0.3 is 5.97 Å². The maximum Gasteiger partial charge on any atom is 0.307 e. The fraction of sp³-hybridized carbons (Fsp3) is 0.867. The van der Waals surface area contributed by atoms with Crippen molar-refractivity contribution in [1.29, 1.82) is 0 Å². The molecule has 114 valence electrons. The van der Waals surface area contributed by atoms with Gasteiger partial charge in [-0.1, -0.05) is 27.7 Å². The number of carboxylic acid groups (broad SMARTS) is 1. The van der Waals surface area contributed by atoms with Crippen molar-refractivity contribution in [3.05, 3.63) is 0 Å². The summed E-state index contributed by atoms with van der Waals surface area (Å²) < 4.78 is 5.64. The number of aliphatic carboxylic acids is 1. The highest BCUT2D eigenvalue weighted by Gasteiger charge is 2.66. The lowest BCUT2D eigenvalue weighted by atomic mass is 9.64. The zero-order valence-electron chi connectivity index (χ0n) is 12.9. The van der Waals surface area contributed by atoms with E-state index in [2.05, 4.69) is 19.2 Å². The van der Waals surface area contributed by atoms with E-state index in [0.717, 1.165) is 6.42 Å². The highest BCUT2D eigenvalue weighted by Crippen LogP contribution is 2.58. The Morgan fingerprint density at radius 1 is 1.20 bits per heavy atom. The highest BCUT2D eigenvalue weighted by molar-refractivity contribution is 5.91. The summed E-state index contributed by atoms with van der Waals surface area (Å²) in [5, 5.41) is 12.1. The second-order valence-electron chi connectivity index (χ2n) is 7.18. The van der Waals surface area contributed by atoms with E-state index in [1.807, 2.05) is 20.8 Å². The predicted octanol–water partition coefficient (Wildman–Crippen LogP) is 1.66. The Morgan fingerprint density at radius 3 is 2.20 bits per heavy atom. The summed E-state index contributed by atoms with van der Waals surface area (Å²) in [6.45, 7) is 10.5. The largest absolute Gasteiger partial charge is 0.481 e. The van der Waals surface area contributed by atoms with Gasteiger partial charge in [-0.3, -0.25) is 9.59 Å². The van der Waals surface area contributed by atoms with Crippen molar-refractivity contribution >= 4 is 11.9 Å². The third kappa shape index (κ3) is 2.22. The minimum Gasteiger partial charge on any atom is -0.481 e. The monoisotopic (exact) mass is 283 g/mol. The first-order valence-corrected chi connectivity index (χ1v) is 7.28. The number of rotatable bonds is 5. The fourth-order valence-electron chi connectivity index (χ4n) is 3.46. The first kappa shape index (κ1) is 15.3. The predicted molar refractivity (Wildman–Crippen MR) is 74.1 cm³/mol. The van der Waals surface area contributed by atoms with Crippen LogP contribution >= 0.6 is 0 Å². The van der Waals surface area contributed by atoms with Crippen LogP contribution in [-0.2, 0) is 14.3 Å². The summed E-state index contributed by atoms with van der Waals surface area (Å²) in [6, 6.07) is 0.0670. The number of hydrogen-bond donors (Lipinski definition) is 2. The van der Waals surface area contributed by atoms with Gasteiger partial charge in [-0.15, -0.1) is 0 Å². The molecule has 0 bridgehead atoms. The standard InChI is InChI=1S/C15H25NO4/c1-6-20-9-7-8(14(9,2)3)16-12(17)10-11(13(18)19)15(10,4)5/h8-11H,6-7H2,1-5H3,(H,16,17)(H,18,19). The average Bonchev–Trinajstić information content (AvgIpc) is 2.91. The van der Waals surface area contributed by atoms with Gasteiger partial charge in [0.2, 0.25) is 5.91 Å². The lowest BCUT2D eigenvalue weighted by Crippen LogP contribution is -2.62. The molecule has 5 nitrogen and oxygen atoms in total. The van der Waals surface area contributed by atoms with Gasteiger partial charge in [0.15, 0.2) is 0 Å². The van der Waals surface area contributed by atoms with Crippen LogP contribution in [0.1, 0.15) is 41.0 Å². The topological polar surface area (TPSA) is 75.6 Å². The summed E-state index contributed by atoms with van der Waals surface area (Å²) >= 11 is 0. The zero-order chi connectivity index (χ0) is 15.3. The number of hydrogen-bond acceptors (Lipinski definition) is 3. The molecule has 0 saturated heterocycles. The molecule has 0 heterocycles. The van der Waals surface area contributed by atoms with Crippen molar-refractivity contribution in [1.82, 2.24) is 5.32 Å². The van der Waals surface area contributed by atoms with E-state index in [-0.39, 0.29) is 23.5 Å². The van der Waals surface area contributed by atoms with Crippen molar-refractivity contribution in [2.45, 2.75) is 53.2 Å². The first-order valence-electron chi connectivity index (χ1n) is 7.28. The summed E-state index contributed by atoms with van der Waals surface area (Å²) in [5.74, 6) is -1.99. The smallest absolute Gasteiger partial charge is 0.307 e. The van der Waals surface area contributed by atoms with Crippen LogP contribution in [0.15, 0.2) is 0 Å². The Bertz CT molecular complexity index is 430. The number of nitrogens with one attached hydrogen (secondary N) is 1. The SMILES string of the molecule is CCOC1CC(NC(=O)C2C(C(=O)O)C2(C)C)C1(C)C. The summed E-state index contributed by atoms with van der Waals surface area (Å²) in [4.78, 5) is 23.4. The van der Waals surface area contributed by atoms with Crippen molar-refractivity contribution in [3.8, 4) is 0 Å². The maximum absolute atomic E-state index is 12.3. The van der Waals surface area contributed by atoms with Crippen molar-refractivity contribution < 1.29 is 19.4 Å². The van der Waals surface area contributed by atoms with Crippen molar-refractivity contribution in [2.75, 3.05) is 6.61 Å². The van der Waals surface area contributed by atoms with E-state index in [1.165, 1.54) is 0 Å². The van der Waals surface area contributed by atoms with Gasteiger partial charge in [0, 0.05) is 18.1 Å². The molecule has 1 amide bonds. The van der Waals surface area contributed by atoms with Gasteiger partial charge in [0.1, 0.15) is 0 Å². The van der Waals surface area contributed by atoms with Crippen LogP contribution in [0.25, 0.3) is 0 Å². The molecule has 0 spiro atoms. The van der Waals surface area contributed by atoms with Crippen LogP contribution in [0.3, 0.4) is 0 Å². The molecule has 20 heavy (non-hydrogen) atoms. The normalized spacial score (nSPS) is 36.9. The molecule has 0 aromatic carbocycles. The first-order chi connectivity index (χ1) is 9.14. The van der Waals surface area contributed by atoms with E-state index in [0.29, 0.717) is 6.61 Å². The molecule has 2 fully saturated rings. The summed E-state index contributed by atoms with van der Waals surface area (Å²) in [5.41, 5.74) is -0.535. The molecule has 2 saturated carbocycles. The molecule has 0 radical (unpaired) electrons. The number of ether oxygens (including phenoxy) is 1. The lowest BCUT2D eigenvalue weighted by Gasteiger charge is -2.51. The third-order valence-electron chi connectivity index (χ3n) is 5.24. The lowest BCUT2D eigenvalue weighted by molar-refractivity contribution is -0.143. The summed E-state index contributed by atoms with van der Waals surface area (Å²) in [7, 11) is 0. The molecular formula is C15H25NO4. The van der Waals surface area contributed by atoms with Gasteiger partial charge in [0.05, 0.1) is 17.9 Å². The third-order valence-corrected chi connectivity index (χ3v) is 5.24. The average molecular weight is 283 g/mol. The molecule has 0 aromatic rings. The highest BCUT2D eigenvalue weighted by atomic mass is 16.5. The van der Waals surface area contributed by atoms with E-state index in [9.17, 15) is 9.59 Å². The minimum absolute atomic E-state index is 0.0670. The Labute approximate surface area is 120 Å². The van der Waals surface area contributed by atoms with Crippen LogP contribution in [0, 0.1) is 22.7 Å². The van der Waals surface area contributed by atoms with Gasteiger partial charge in [0.25, 0.3) is 0 Å². The van der Waals surface area contributed by atoms with Crippen LogP contribution in [0.4, 0.5) is 0 Å². The quantitative estimate of drug-likeness (QED) is 0.804. The van der Waals surface area contributed by atoms with Crippen LogP contribution < -0.4 is 5.32 Å². The Morgan fingerprint density at radius 2 is 1.80 bits per heavy atom. The Kier molecular flexibility index (Phi) is 3.61. The van der Waals surface area contributed by atoms with E-state index >= 15 is 0 Å². The Balaban J connectivity index is 1.93. The minimum atomic E-state index is -0.879. The molecule has 5 heteroatoms. The zero-order valence-corrected chi connectivity index (χ0v) is 12.9. The Hall–Kier alpha value is -1.10. The molecule has 2 aliphatic rings. The van der Waals surface area contributed by atoms with Crippen molar-refractivity contribution in [2.24, 2.45) is 22.7 Å². The second kappa shape index (κ2) is 4.72. The van der Waals surface area contributed by atoms with Crippen LogP contribution in [0.2, 0.25) is 0 Å². The maximum atomic E-state index is 12.3. The van der Waals surface area contributed by atoms with E-state index < -0.39 is 23.2 Å². The number of carboxylic acids is 1. The van der Waals surface area contributed by atoms with Gasteiger partial charge in [-0.05, 0) is 18.8 Å². The molecule has 0 aromatic heterocycles. The fourth-order valence-corrected chi connectivity index (χ4v) is 3.46.